The first-order valence-electron chi connectivity index (χ1n) is 14.0. The molecule has 1 aromatic rings. The third-order valence-electron chi connectivity index (χ3n) is 8.03. The number of nitrogens with two attached hydrogens (primary N) is 1. The Morgan fingerprint density at radius 1 is 1.20 bits per heavy atom. The summed E-state index contributed by atoms with van der Waals surface area (Å²) in [5.41, 5.74) is 8.61. The average molecular weight is 611 g/mol. The molecular weight excluding hydrogens is 568 g/mol. The summed E-state index contributed by atoms with van der Waals surface area (Å²) in [4.78, 5) is 32.3. The van der Waals surface area contributed by atoms with Gasteiger partial charge in [0.05, 0.1) is 11.5 Å². The molecule has 0 aliphatic carbocycles. The number of nitrogens with zero attached hydrogens (tertiary/aromatic N) is 3. The molecule has 1 fully saturated rings. The van der Waals surface area contributed by atoms with Crippen molar-refractivity contribution in [3.05, 3.63) is 41.0 Å². The van der Waals surface area contributed by atoms with E-state index in [2.05, 4.69) is 9.62 Å². The first kappa shape index (κ1) is 32.8. The van der Waals surface area contributed by atoms with Crippen LogP contribution in [-0.4, -0.2) is 92.9 Å². The lowest BCUT2D eigenvalue weighted by Gasteiger charge is -2.39. The first-order chi connectivity index (χ1) is 19.0. The van der Waals surface area contributed by atoms with E-state index in [4.69, 9.17) is 15.9 Å². The normalized spacial score (nSPS) is 22.2. The molecule has 228 valence electrons. The van der Waals surface area contributed by atoms with E-state index in [0.717, 1.165) is 29.7 Å². The lowest BCUT2D eigenvalue weighted by Crippen LogP contribution is -2.57. The third-order valence-corrected chi connectivity index (χ3v) is 9.50. The number of sulfonamides is 1. The fraction of sp³-hybridized carbons (Fsp3) is 0.607. The van der Waals surface area contributed by atoms with Gasteiger partial charge in [0.1, 0.15) is 12.1 Å². The van der Waals surface area contributed by atoms with Crippen LogP contribution in [-0.2, 0) is 37.3 Å². The van der Waals surface area contributed by atoms with E-state index in [1.807, 2.05) is 26.1 Å². The molecule has 4 N–H and O–H groups in total. The Labute approximate surface area is 249 Å². The van der Waals surface area contributed by atoms with Crippen LogP contribution in [0.5, 0.6) is 0 Å². The highest BCUT2D eigenvalue weighted by Gasteiger charge is 2.40. The van der Waals surface area contributed by atoms with Gasteiger partial charge < -0.3 is 25.2 Å². The maximum atomic E-state index is 14.1. The monoisotopic (exact) mass is 610 g/mol. The van der Waals surface area contributed by atoms with Crippen molar-refractivity contribution >= 4 is 40.3 Å². The number of piperidine rings is 1. The number of rotatable bonds is 8. The van der Waals surface area contributed by atoms with E-state index in [0.29, 0.717) is 45.4 Å². The Morgan fingerprint density at radius 2 is 1.95 bits per heavy atom. The van der Waals surface area contributed by atoms with Crippen molar-refractivity contribution in [2.45, 2.75) is 69.5 Å². The molecule has 0 bridgehead atoms. The fourth-order valence-electron chi connectivity index (χ4n) is 5.77. The smallest absolute Gasteiger partial charge is 0.328 e. The Balaban J connectivity index is 0.00000462. The van der Waals surface area contributed by atoms with Crippen LogP contribution in [0.3, 0.4) is 0 Å². The molecule has 0 aromatic heterocycles. The summed E-state index contributed by atoms with van der Waals surface area (Å²) < 4.78 is 35.4. The van der Waals surface area contributed by atoms with Crippen LogP contribution >= 0.6 is 12.4 Å². The number of hydrogen-bond donors (Lipinski definition) is 3. The van der Waals surface area contributed by atoms with Crippen LogP contribution in [0, 0.1) is 11.3 Å². The first-order valence-corrected chi connectivity index (χ1v) is 15.5. The molecule has 3 aliphatic rings. The Bertz CT molecular complexity index is 1270. The number of ether oxygens (including phenoxy) is 1. The predicted octanol–water partition coefficient (Wildman–Crippen LogP) is 1.85. The van der Waals surface area contributed by atoms with Gasteiger partial charge in [-0.2, -0.15) is 4.72 Å². The lowest BCUT2D eigenvalue weighted by atomic mass is 9.91. The van der Waals surface area contributed by atoms with E-state index in [1.54, 1.807) is 24.0 Å². The highest BCUT2D eigenvalue weighted by molar-refractivity contribution is 7.89. The van der Waals surface area contributed by atoms with Gasteiger partial charge in [-0.15, -0.1) is 12.4 Å². The molecule has 41 heavy (non-hydrogen) atoms. The zero-order chi connectivity index (χ0) is 29.0. The van der Waals surface area contributed by atoms with Crippen molar-refractivity contribution in [2.75, 3.05) is 39.8 Å². The van der Waals surface area contributed by atoms with Crippen LogP contribution in [0.2, 0.25) is 0 Å². The van der Waals surface area contributed by atoms with Gasteiger partial charge in [-0.1, -0.05) is 24.6 Å². The Hall–Kier alpha value is -2.67. The summed E-state index contributed by atoms with van der Waals surface area (Å²) in [6.07, 6.45) is 4.74. The van der Waals surface area contributed by atoms with Crippen LogP contribution in [0.4, 0.5) is 0 Å². The number of hydrogen-bond acceptors (Lipinski definition) is 7. The summed E-state index contributed by atoms with van der Waals surface area (Å²) >= 11 is 0. The van der Waals surface area contributed by atoms with Crippen molar-refractivity contribution in [1.82, 2.24) is 19.4 Å². The molecule has 1 saturated heterocycles. The number of halogens is 1. The van der Waals surface area contributed by atoms with Crippen molar-refractivity contribution in [1.29, 1.82) is 5.41 Å². The Kier molecular flexibility index (Phi) is 11.2. The number of nitrogens with one attached hydrogen (secondary N) is 2. The quantitative estimate of drug-likeness (QED) is 0.175. The van der Waals surface area contributed by atoms with Crippen molar-refractivity contribution in [3.63, 3.8) is 0 Å². The van der Waals surface area contributed by atoms with Gasteiger partial charge in [-0.05, 0) is 75.3 Å². The zero-order valence-corrected chi connectivity index (χ0v) is 25.7. The maximum Gasteiger partial charge on any atom is 0.328 e. The number of fused-ring (bicyclic) bond motifs is 1. The standard InChI is InChI=1S/C28H42N6O5S.ClH/c1-4-39-27(36)25-14-19(2)9-13-34(25)26(35)24(15-20-6-5-11-33(17-20)28(29)30)31-40(37,38)23-8-7-21-10-12-32(3)18-22(21)16-23;/h6-8,16,19,24-25,31H,4-5,9-15,17-18H2,1-3H3,(H3,29,30);1H/t19-,24+,25-;/m1./s1. The van der Waals surface area contributed by atoms with Gasteiger partial charge >= 0.3 is 5.97 Å². The summed E-state index contributed by atoms with van der Waals surface area (Å²) in [5, 5.41) is 7.82. The molecule has 1 aromatic carbocycles. The predicted molar refractivity (Wildman–Crippen MR) is 159 cm³/mol. The molecule has 0 unspecified atom stereocenters. The molecule has 0 radical (unpaired) electrons. The average Bonchev–Trinajstić information content (AvgIpc) is 2.92. The molecule has 3 heterocycles. The summed E-state index contributed by atoms with van der Waals surface area (Å²) in [6, 6.07) is 3.24. The molecule has 1 amide bonds. The van der Waals surface area contributed by atoms with Gasteiger partial charge in [0.15, 0.2) is 5.96 Å². The van der Waals surface area contributed by atoms with E-state index in [-0.39, 0.29) is 42.2 Å². The van der Waals surface area contributed by atoms with Crippen LogP contribution in [0.15, 0.2) is 34.7 Å². The van der Waals surface area contributed by atoms with Gasteiger partial charge in [0, 0.05) is 32.7 Å². The van der Waals surface area contributed by atoms with Gasteiger partial charge in [-0.25, -0.2) is 13.2 Å². The summed E-state index contributed by atoms with van der Waals surface area (Å²) in [7, 11) is -2.07. The van der Waals surface area contributed by atoms with Crippen molar-refractivity contribution in [2.24, 2.45) is 11.7 Å². The fourth-order valence-corrected chi connectivity index (χ4v) is 7.01. The minimum atomic E-state index is -4.07. The number of amides is 1. The van der Waals surface area contributed by atoms with Crippen molar-refractivity contribution in [3.8, 4) is 0 Å². The highest BCUT2D eigenvalue weighted by Crippen LogP contribution is 2.27. The zero-order valence-electron chi connectivity index (χ0n) is 24.1. The topological polar surface area (TPSA) is 149 Å². The Morgan fingerprint density at radius 3 is 2.66 bits per heavy atom. The third kappa shape index (κ3) is 8.00. The van der Waals surface area contributed by atoms with Crippen molar-refractivity contribution < 1.29 is 22.7 Å². The number of likely N-dealkylation sites (N-methyl/N-ethyl adjacent to an activating group) is 1. The molecular formula is C28H43ClN6O5S. The second-order valence-corrected chi connectivity index (χ2v) is 12.9. The summed E-state index contributed by atoms with van der Waals surface area (Å²) in [6.45, 7) is 6.78. The number of carbonyl (C=O) groups excluding carboxylic acids is 2. The van der Waals surface area contributed by atoms with E-state index in [9.17, 15) is 18.0 Å². The van der Waals surface area contributed by atoms with Crippen LogP contribution in [0.25, 0.3) is 0 Å². The minimum absolute atomic E-state index is 0. The maximum absolute atomic E-state index is 14.1. The second kappa shape index (κ2) is 14.0. The molecule has 11 nitrogen and oxygen atoms in total. The number of likely N-dealkylation sites (tertiary alicyclic amines) is 1. The van der Waals surface area contributed by atoms with E-state index < -0.39 is 34.0 Å². The van der Waals surface area contributed by atoms with E-state index >= 15 is 0 Å². The molecule has 3 aliphatic heterocycles. The minimum Gasteiger partial charge on any atom is -0.464 e. The van der Waals surface area contributed by atoms with Gasteiger partial charge in [0.2, 0.25) is 15.9 Å². The second-order valence-electron chi connectivity index (χ2n) is 11.2. The molecule has 0 spiro atoms. The molecule has 0 saturated carbocycles. The summed E-state index contributed by atoms with van der Waals surface area (Å²) in [5.74, 6) is -0.762. The van der Waals surface area contributed by atoms with Crippen LogP contribution in [0.1, 0.15) is 50.7 Å². The van der Waals surface area contributed by atoms with E-state index in [1.165, 1.54) is 4.90 Å². The van der Waals surface area contributed by atoms with Gasteiger partial charge in [-0.3, -0.25) is 10.2 Å². The van der Waals surface area contributed by atoms with Crippen LogP contribution < -0.4 is 10.5 Å². The number of carbonyl (C=O) groups is 2. The SMILES string of the molecule is CCOC(=O)[C@H]1C[C@H](C)CCN1C(=O)[C@H](CC1=CCCN(C(=N)N)C1)NS(=O)(=O)c1ccc2c(c1)CN(C)CC2.Cl. The number of guanidine groups is 1. The highest BCUT2D eigenvalue weighted by atomic mass is 35.5. The lowest BCUT2D eigenvalue weighted by molar-refractivity contribution is -0.158. The number of esters is 1. The molecule has 4 rings (SSSR count). The molecule has 13 heteroatoms. The molecule has 3 atom stereocenters. The number of benzene rings is 1. The largest absolute Gasteiger partial charge is 0.464 e. The van der Waals surface area contributed by atoms with Gasteiger partial charge in [0.25, 0.3) is 0 Å².